The van der Waals surface area contributed by atoms with E-state index in [2.05, 4.69) is 43.4 Å². The van der Waals surface area contributed by atoms with Crippen LogP contribution in [-0.4, -0.2) is 45.4 Å². The number of nitrogens with zero attached hydrogens (tertiary/aromatic N) is 4. The first-order valence-corrected chi connectivity index (χ1v) is 11.7. The van der Waals surface area contributed by atoms with Crippen molar-refractivity contribution in [1.29, 1.82) is 0 Å². The van der Waals surface area contributed by atoms with Gasteiger partial charge < -0.3 is 10.1 Å². The molecule has 3 heterocycles. The number of aromatic nitrogens is 3. The predicted octanol–water partition coefficient (Wildman–Crippen LogP) is 3.64. The summed E-state index contributed by atoms with van der Waals surface area (Å²) in [5.74, 6) is 0.920. The van der Waals surface area contributed by atoms with Crippen LogP contribution in [0.1, 0.15) is 23.7 Å². The van der Waals surface area contributed by atoms with Crippen molar-refractivity contribution < 1.29 is 9.53 Å². The molecule has 0 aliphatic carbocycles. The number of carbonyl (C=O) groups is 1. The summed E-state index contributed by atoms with van der Waals surface area (Å²) in [7, 11) is 0. The summed E-state index contributed by atoms with van der Waals surface area (Å²) in [4.78, 5) is 14.8. The van der Waals surface area contributed by atoms with Crippen LogP contribution in [0.2, 0.25) is 0 Å². The number of thiophene rings is 1. The second-order valence-corrected chi connectivity index (χ2v) is 8.73. The van der Waals surface area contributed by atoms with Crippen molar-refractivity contribution in [2.24, 2.45) is 0 Å². The lowest BCUT2D eigenvalue weighted by Gasteiger charge is -2.23. The molecule has 7 nitrogen and oxygen atoms in total. The van der Waals surface area contributed by atoms with Crippen molar-refractivity contribution in [3.63, 3.8) is 0 Å². The Morgan fingerprint density at radius 1 is 1.16 bits per heavy atom. The smallest absolute Gasteiger partial charge is 0.234 e. The summed E-state index contributed by atoms with van der Waals surface area (Å²) in [6, 6.07) is 18.1. The molecule has 5 rings (SSSR count). The Hall–Kier alpha value is -3.23. The highest BCUT2D eigenvalue weighted by Crippen LogP contribution is 2.31. The topological polar surface area (TPSA) is 72.3 Å². The quantitative estimate of drug-likeness (QED) is 0.438. The number of fused-ring (bicyclic) bond motifs is 2. The highest BCUT2D eigenvalue weighted by atomic mass is 32.1. The fraction of sp³-hybridized carbons (Fsp3) is 0.292. The molecule has 0 fully saturated rings. The lowest BCUT2D eigenvalue weighted by molar-refractivity contribution is -0.122. The number of hydrogen-bond acceptors (Lipinski definition) is 6. The second-order valence-electron chi connectivity index (χ2n) is 7.95. The number of para-hydroxylation sites is 2. The van der Waals surface area contributed by atoms with Gasteiger partial charge in [0.1, 0.15) is 17.4 Å². The maximum absolute atomic E-state index is 12.7. The molecule has 0 saturated heterocycles. The van der Waals surface area contributed by atoms with Gasteiger partial charge in [0.2, 0.25) is 5.91 Å². The van der Waals surface area contributed by atoms with Crippen LogP contribution in [0.25, 0.3) is 11.0 Å². The molecule has 0 spiro atoms. The Balaban J connectivity index is 1.17. The van der Waals surface area contributed by atoms with Crippen LogP contribution in [0.3, 0.4) is 0 Å². The molecule has 1 aliphatic rings. The first-order chi connectivity index (χ1) is 15.8. The van der Waals surface area contributed by atoms with Crippen molar-refractivity contribution in [3.05, 3.63) is 76.5 Å². The largest absolute Gasteiger partial charge is 0.484 e. The van der Waals surface area contributed by atoms with Gasteiger partial charge in [-0.25, -0.2) is 4.68 Å². The van der Waals surface area contributed by atoms with E-state index < -0.39 is 0 Å². The van der Waals surface area contributed by atoms with E-state index in [0.717, 1.165) is 34.3 Å². The fourth-order valence-electron chi connectivity index (χ4n) is 4.03. The molecular weight excluding hydrogens is 422 g/mol. The zero-order chi connectivity index (χ0) is 21.8. The summed E-state index contributed by atoms with van der Waals surface area (Å²) >= 11 is 1.66. The van der Waals surface area contributed by atoms with Gasteiger partial charge in [-0.15, -0.1) is 5.10 Å². The third kappa shape index (κ3) is 4.66. The van der Waals surface area contributed by atoms with Crippen LogP contribution < -0.4 is 10.1 Å². The van der Waals surface area contributed by atoms with Crippen molar-refractivity contribution >= 4 is 28.3 Å². The molecule has 8 heteroatoms. The molecule has 0 bridgehead atoms. The lowest BCUT2D eigenvalue weighted by atomic mass is 10.2. The number of ether oxygens (including phenoxy) is 1. The number of hydrogen-bond donors (Lipinski definition) is 1. The van der Waals surface area contributed by atoms with Crippen molar-refractivity contribution in [2.45, 2.75) is 25.6 Å². The van der Waals surface area contributed by atoms with Crippen LogP contribution in [0, 0.1) is 0 Å². The van der Waals surface area contributed by atoms with Gasteiger partial charge >= 0.3 is 0 Å². The maximum atomic E-state index is 12.7. The number of nitrogens with one attached hydrogen (secondary N) is 1. The number of benzene rings is 2. The van der Waals surface area contributed by atoms with Gasteiger partial charge in [0.15, 0.2) is 0 Å². The molecule has 164 valence electrons. The molecule has 1 amide bonds. The van der Waals surface area contributed by atoms with Gasteiger partial charge in [-0.05, 0) is 41.4 Å². The summed E-state index contributed by atoms with van der Waals surface area (Å²) in [6.07, 6.45) is 0.709. The zero-order valence-corrected chi connectivity index (χ0v) is 18.5. The lowest BCUT2D eigenvalue weighted by Crippen LogP contribution is -2.39. The Morgan fingerprint density at radius 2 is 2.03 bits per heavy atom. The molecule has 4 aromatic rings. The standard InChI is InChI=1S/C24H25N5O2S/c30-24(25-11-5-12-29-21-8-3-2-7-20(21)26-27-29)16-28-14-18-6-1-4-9-22(18)31-23(15-28)19-10-13-32-17-19/h1-4,6-10,13,17,23H,5,11-12,14-16H2,(H,25,30). The van der Waals surface area contributed by atoms with E-state index in [9.17, 15) is 4.79 Å². The minimum absolute atomic E-state index is 0.0249. The van der Waals surface area contributed by atoms with Crippen LogP contribution >= 0.6 is 11.3 Å². The molecule has 1 unspecified atom stereocenters. The average molecular weight is 448 g/mol. The second kappa shape index (κ2) is 9.50. The third-order valence-electron chi connectivity index (χ3n) is 5.63. The van der Waals surface area contributed by atoms with Crippen molar-refractivity contribution in [2.75, 3.05) is 19.6 Å². The van der Waals surface area contributed by atoms with Crippen molar-refractivity contribution in [3.8, 4) is 5.75 Å². The number of carbonyl (C=O) groups excluding carboxylic acids is 1. The molecule has 1 aliphatic heterocycles. The first-order valence-electron chi connectivity index (χ1n) is 10.8. The Labute approximate surface area is 190 Å². The van der Waals surface area contributed by atoms with E-state index in [1.807, 2.05) is 47.1 Å². The highest BCUT2D eigenvalue weighted by molar-refractivity contribution is 7.07. The molecule has 1 N–H and O–H groups in total. The van der Waals surface area contributed by atoms with Gasteiger partial charge in [0.05, 0.1) is 12.1 Å². The Bertz CT molecular complexity index is 1190. The summed E-state index contributed by atoms with van der Waals surface area (Å²) in [6.45, 7) is 3.01. The molecule has 2 aromatic heterocycles. The normalized spacial score (nSPS) is 16.3. The average Bonchev–Trinajstić information content (AvgIpc) is 3.44. The molecule has 1 atom stereocenters. The van der Waals surface area contributed by atoms with Crippen LogP contribution in [0.5, 0.6) is 5.75 Å². The van der Waals surface area contributed by atoms with Gasteiger partial charge in [-0.1, -0.05) is 35.5 Å². The minimum Gasteiger partial charge on any atom is -0.484 e. The Kier molecular flexibility index (Phi) is 6.13. The summed E-state index contributed by atoms with van der Waals surface area (Å²) < 4.78 is 8.19. The van der Waals surface area contributed by atoms with E-state index in [0.29, 0.717) is 32.7 Å². The van der Waals surface area contributed by atoms with E-state index in [1.54, 1.807) is 11.3 Å². The van der Waals surface area contributed by atoms with Crippen molar-refractivity contribution in [1.82, 2.24) is 25.2 Å². The third-order valence-corrected chi connectivity index (χ3v) is 6.33. The molecular formula is C24H25N5O2S. The van der Waals surface area contributed by atoms with Gasteiger partial charge in [-0.3, -0.25) is 9.69 Å². The number of amides is 1. The van der Waals surface area contributed by atoms with Gasteiger partial charge in [0, 0.05) is 37.3 Å². The molecule has 2 aromatic carbocycles. The SMILES string of the molecule is O=C(CN1Cc2ccccc2OC(c2ccsc2)C1)NCCCn1nnc2ccccc21. The monoisotopic (exact) mass is 447 g/mol. The minimum atomic E-state index is -0.0849. The summed E-state index contributed by atoms with van der Waals surface area (Å²) in [5, 5.41) is 15.6. The highest BCUT2D eigenvalue weighted by Gasteiger charge is 2.25. The van der Waals surface area contributed by atoms with Gasteiger partial charge in [-0.2, -0.15) is 11.3 Å². The number of rotatable bonds is 7. The zero-order valence-electron chi connectivity index (χ0n) is 17.7. The van der Waals surface area contributed by atoms with E-state index >= 15 is 0 Å². The predicted molar refractivity (Wildman–Crippen MR) is 125 cm³/mol. The first kappa shape index (κ1) is 20.7. The molecule has 32 heavy (non-hydrogen) atoms. The van der Waals surface area contributed by atoms with Crippen LogP contribution in [0.15, 0.2) is 65.4 Å². The van der Waals surface area contributed by atoms with E-state index in [-0.39, 0.29) is 12.0 Å². The molecule has 0 saturated carbocycles. The van der Waals surface area contributed by atoms with Gasteiger partial charge in [0.25, 0.3) is 0 Å². The fourth-order valence-corrected chi connectivity index (χ4v) is 4.73. The number of aryl methyl sites for hydroxylation is 1. The maximum Gasteiger partial charge on any atom is 0.234 e. The van der Waals surface area contributed by atoms with Crippen LogP contribution in [0.4, 0.5) is 0 Å². The molecule has 0 radical (unpaired) electrons. The van der Waals surface area contributed by atoms with E-state index in [4.69, 9.17) is 4.74 Å². The summed E-state index contributed by atoms with van der Waals surface area (Å²) in [5.41, 5.74) is 4.16. The Morgan fingerprint density at radius 3 is 2.94 bits per heavy atom. The van der Waals surface area contributed by atoms with E-state index in [1.165, 1.54) is 0 Å². The van der Waals surface area contributed by atoms with Crippen LogP contribution in [-0.2, 0) is 17.9 Å².